The Kier molecular flexibility index (Phi) is 3.61. The molecule has 7 heteroatoms. The Hall–Kier alpha value is -3.32. The number of carbonyl (C=O) groups is 1. The Morgan fingerprint density at radius 3 is 2.93 bits per heavy atom. The molecule has 4 aromatic rings. The number of nitrogens with zero attached hydrogens (tertiary/aromatic N) is 3. The van der Waals surface area contributed by atoms with Crippen LogP contribution in [0.2, 0.25) is 0 Å². The maximum absolute atomic E-state index is 12.3. The van der Waals surface area contributed by atoms with E-state index in [4.69, 9.17) is 4.98 Å². The van der Waals surface area contributed by atoms with Crippen molar-refractivity contribution >= 4 is 50.0 Å². The van der Waals surface area contributed by atoms with Gasteiger partial charge in [-0.05, 0) is 36.4 Å². The summed E-state index contributed by atoms with van der Waals surface area (Å²) in [6.07, 6.45) is 3.36. The number of hydrogen-bond acceptors (Lipinski definition) is 6. The summed E-state index contributed by atoms with van der Waals surface area (Å²) >= 11 is 1.51. The molecule has 0 atom stereocenters. The van der Waals surface area contributed by atoms with Crippen LogP contribution in [0.25, 0.3) is 38.3 Å². The van der Waals surface area contributed by atoms with Crippen LogP contribution in [0, 0.1) is 0 Å². The molecule has 0 bridgehead atoms. The largest absolute Gasteiger partial charge is 0.381 e. The van der Waals surface area contributed by atoms with Gasteiger partial charge in [-0.1, -0.05) is 6.58 Å². The predicted octanol–water partition coefficient (Wildman–Crippen LogP) is 3.70. The fourth-order valence-electron chi connectivity index (χ4n) is 3.36. The summed E-state index contributed by atoms with van der Waals surface area (Å²) in [6, 6.07) is 9.98. The summed E-state index contributed by atoms with van der Waals surface area (Å²) < 4.78 is 1.08. The van der Waals surface area contributed by atoms with Gasteiger partial charge in [0.1, 0.15) is 4.88 Å². The van der Waals surface area contributed by atoms with Crippen molar-refractivity contribution < 1.29 is 4.79 Å². The Morgan fingerprint density at radius 2 is 2.04 bits per heavy atom. The van der Waals surface area contributed by atoms with Crippen LogP contribution < -0.4 is 10.6 Å². The first-order valence-corrected chi connectivity index (χ1v) is 9.40. The molecule has 3 aromatic heterocycles. The summed E-state index contributed by atoms with van der Waals surface area (Å²) in [4.78, 5) is 17.9. The van der Waals surface area contributed by atoms with Gasteiger partial charge in [0.2, 0.25) is 0 Å². The molecule has 132 valence electrons. The Balaban J connectivity index is 1.73. The van der Waals surface area contributed by atoms with Gasteiger partial charge in [0.05, 0.1) is 28.8 Å². The Bertz CT molecular complexity index is 1230. The second-order valence-electron chi connectivity index (χ2n) is 6.26. The van der Waals surface area contributed by atoms with Crippen molar-refractivity contribution in [1.29, 1.82) is 0 Å². The lowest BCUT2D eigenvalue weighted by atomic mass is 10.1. The minimum absolute atomic E-state index is 0.0197. The van der Waals surface area contributed by atoms with E-state index >= 15 is 0 Å². The molecular formula is C20H15N5OS. The standard InChI is InChI=1S/C20H15N5OS/c1-2-12-9-11(10-23-25-12)14-4-3-13-15(24-14)5-6-16-17(13)18-19(27-16)20(26)22-8-7-21-18/h2-6,9-10,21H,1,7-8H2,(H,22,26). The lowest BCUT2D eigenvalue weighted by Gasteiger charge is -2.07. The Morgan fingerprint density at radius 1 is 1.15 bits per heavy atom. The third-order valence-corrected chi connectivity index (χ3v) is 5.77. The van der Waals surface area contributed by atoms with Crippen molar-refractivity contribution in [3.8, 4) is 11.3 Å². The van der Waals surface area contributed by atoms with Gasteiger partial charge in [0.15, 0.2) is 0 Å². The summed E-state index contributed by atoms with van der Waals surface area (Å²) in [5.41, 5.74) is 4.22. The van der Waals surface area contributed by atoms with E-state index in [1.54, 1.807) is 12.3 Å². The van der Waals surface area contributed by atoms with Crippen LogP contribution >= 0.6 is 11.3 Å². The molecule has 6 nitrogen and oxygen atoms in total. The summed E-state index contributed by atoms with van der Waals surface area (Å²) in [7, 11) is 0. The smallest absolute Gasteiger partial charge is 0.263 e. The second-order valence-corrected chi connectivity index (χ2v) is 7.32. The van der Waals surface area contributed by atoms with E-state index in [2.05, 4.69) is 33.5 Å². The number of amides is 1. The lowest BCUT2D eigenvalue weighted by Crippen LogP contribution is -2.24. The minimum atomic E-state index is -0.0197. The molecule has 2 N–H and O–H groups in total. The van der Waals surface area contributed by atoms with Crippen LogP contribution in [0.3, 0.4) is 0 Å². The zero-order chi connectivity index (χ0) is 18.4. The molecule has 0 radical (unpaired) electrons. The van der Waals surface area contributed by atoms with E-state index in [0.717, 1.165) is 42.8 Å². The zero-order valence-corrected chi connectivity index (χ0v) is 15.1. The molecular weight excluding hydrogens is 358 g/mol. The van der Waals surface area contributed by atoms with Crippen LogP contribution in [0.4, 0.5) is 5.69 Å². The van der Waals surface area contributed by atoms with E-state index in [-0.39, 0.29) is 5.91 Å². The first-order valence-electron chi connectivity index (χ1n) is 8.58. The maximum Gasteiger partial charge on any atom is 0.263 e. The molecule has 27 heavy (non-hydrogen) atoms. The third kappa shape index (κ3) is 2.55. The maximum atomic E-state index is 12.3. The van der Waals surface area contributed by atoms with Crippen molar-refractivity contribution in [2.75, 3.05) is 18.4 Å². The van der Waals surface area contributed by atoms with E-state index in [9.17, 15) is 4.79 Å². The fraction of sp³-hybridized carbons (Fsp3) is 0.100. The number of thiophene rings is 1. The van der Waals surface area contributed by atoms with Crippen molar-refractivity contribution in [3.05, 3.63) is 53.7 Å². The highest BCUT2D eigenvalue weighted by atomic mass is 32.1. The minimum Gasteiger partial charge on any atom is -0.381 e. The number of fused-ring (bicyclic) bond motifs is 5. The summed E-state index contributed by atoms with van der Waals surface area (Å²) in [6.45, 7) is 5.07. The first-order chi connectivity index (χ1) is 13.2. The topological polar surface area (TPSA) is 79.8 Å². The number of hydrogen-bond donors (Lipinski definition) is 2. The highest BCUT2D eigenvalue weighted by molar-refractivity contribution is 7.21. The van der Waals surface area contributed by atoms with Crippen molar-refractivity contribution in [2.45, 2.75) is 0 Å². The molecule has 1 amide bonds. The lowest BCUT2D eigenvalue weighted by molar-refractivity contribution is 0.0962. The molecule has 4 heterocycles. The molecule has 0 spiro atoms. The van der Waals surface area contributed by atoms with Crippen LogP contribution in [-0.4, -0.2) is 34.2 Å². The number of nitrogens with one attached hydrogen (secondary N) is 2. The molecule has 0 saturated heterocycles. The molecule has 0 saturated carbocycles. The van der Waals surface area contributed by atoms with Gasteiger partial charge in [-0.25, -0.2) is 4.98 Å². The van der Waals surface area contributed by atoms with E-state index in [1.165, 1.54) is 11.3 Å². The molecule has 0 aliphatic carbocycles. The summed E-state index contributed by atoms with van der Waals surface area (Å²) in [5.74, 6) is -0.0197. The fourth-order valence-corrected chi connectivity index (χ4v) is 4.47. The average Bonchev–Trinajstić information content (AvgIpc) is 3.00. The molecule has 1 aromatic carbocycles. The predicted molar refractivity (Wildman–Crippen MR) is 109 cm³/mol. The van der Waals surface area contributed by atoms with Gasteiger partial charge in [-0.3, -0.25) is 4.79 Å². The van der Waals surface area contributed by atoms with E-state index in [1.807, 2.05) is 24.3 Å². The van der Waals surface area contributed by atoms with Gasteiger partial charge >= 0.3 is 0 Å². The number of carbonyl (C=O) groups excluding carboxylic acids is 1. The molecule has 1 aliphatic heterocycles. The number of benzene rings is 1. The average molecular weight is 373 g/mol. The molecule has 0 unspecified atom stereocenters. The second kappa shape index (κ2) is 6.14. The van der Waals surface area contributed by atoms with Crippen LogP contribution in [0.1, 0.15) is 15.4 Å². The third-order valence-electron chi connectivity index (χ3n) is 4.62. The monoisotopic (exact) mass is 373 g/mol. The normalized spacial score (nSPS) is 13.7. The van der Waals surface area contributed by atoms with Crippen LogP contribution in [-0.2, 0) is 0 Å². The van der Waals surface area contributed by atoms with Crippen molar-refractivity contribution in [2.24, 2.45) is 0 Å². The van der Waals surface area contributed by atoms with E-state index < -0.39 is 0 Å². The SMILES string of the molecule is C=Cc1cc(-c2ccc3c(ccc4sc5c(c43)NCCNC5=O)n2)cnn1. The van der Waals surface area contributed by atoms with Crippen LogP contribution in [0.15, 0.2) is 43.1 Å². The van der Waals surface area contributed by atoms with Gasteiger partial charge in [0.25, 0.3) is 5.91 Å². The van der Waals surface area contributed by atoms with Gasteiger partial charge in [-0.15, -0.1) is 11.3 Å². The Labute approximate surface area is 159 Å². The zero-order valence-electron chi connectivity index (χ0n) is 14.3. The highest BCUT2D eigenvalue weighted by Crippen LogP contribution is 2.40. The number of rotatable bonds is 2. The summed E-state index contributed by atoms with van der Waals surface area (Å²) in [5, 5.41) is 16.4. The number of anilines is 1. The quantitative estimate of drug-likeness (QED) is 0.560. The van der Waals surface area contributed by atoms with Crippen molar-refractivity contribution in [3.63, 3.8) is 0 Å². The van der Waals surface area contributed by atoms with Gasteiger partial charge < -0.3 is 10.6 Å². The molecule has 0 fully saturated rings. The molecule has 5 rings (SSSR count). The van der Waals surface area contributed by atoms with Crippen LogP contribution in [0.5, 0.6) is 0 Å². The van der Waals surface area contributed by atoms with Gasteiger partial charge in [-0.2, -0.15) is 10.2 Å². The molecule has 1 aliphatic rings. The first kappa shape index (κ1) is 15.9. The number of pyridine rings is 1. The number of aromatic nitrogens is 3. The van der Waals surface area contributed by atoms with Gasteiger partial charge in [0, 0.05) is 34.1 Å². The van der Waals surface area contributed by atoms with Crippen molar-refractivity contribution in [1.82, 2.24) is 20.5 Å². The highest BCUT2D eigenvalue weighted by Gasteiger charge is 2.22. The van der Waals surface area contributed by atoms with E-state index in [0.29, 0.717) is 18.8 Å².